The number of carbonyl (C=O) groups is 1. The van der Waals surface area contributed by atoms with Gasteiger partial charge in [-0.1, -0.05) is 5.16 Å². The first kappa shape index (κ1) is 21.0. The molecule has 1 aliphatic rings. The van der Waals surface area contributed by atoms with Crippen molar-refractivity contribution >= 4 is 11.9 Å². The van der Waals surface area contributed by atoms with Gasteiger partial charge < -0.3 is 14.3 Å². The lowest BCUT2D eigenvalue weighted by Gasteiger charge is -2.36. The molecule has 31 heavy (non-hydrogen) atoms. The van der Waals surface area contributed by atoms with E-state index in [-0.39, 0.29) is 11.9 Å². The summed E-state index contributed by atoms with van der Waals surface area (Å²) >= 11 is 0. The van der Waals surface area contributed by atoms with Crippen molar-refractivity contribution in [3.8, 4) is 11.1 Å². The number of aryl methyl sites for hydroxylation is 3. The fourth-order valence-corrected chi connectivity index (χ4v) is 4.23. The Hall–Kier alpha value is -3.29. The van der Waals surface area contributed by atoms with Gasteiger partial charge in [0, 0.05) is 44.8 Å². The molecule has 162 valence electrons. The third-order valence-corrected chi connectivity index (χ3v) is 5.84. The van der Waals surface area contributed by atoms with Crippen molar-refractivity contribution in [2.75, 3.05) is 25.5 Å². The first-order chi connectivity index (χ1) is 14.9. The van der Waals surface area contributed by atoms with Crippen molar-refractivity contribution in [1.82, 2.24) is 25.0 Å². The summed E-state index contributed by atoms with van der Waals surface area (Å²) in [6.07, 6.45) is 8.32. The molecule has 0 aliphatic carbocycles. The molecular formula is C23H28N6O2. The summed E-state index contributed by atoms with van der Waals surface area (Å²) in [5, 5.41) is 3.98. The van der Waals surface area contributed by atoms with Crippen LogP contribution in [0.3, 0.4) is 0 Å². The van der Waals surface area contributed by atoms with Crippen LogP contribution in [-0.2, 0) is 0 Å². The molecule has 4 rings (SSSR count). The van der Waals surface area contributed by atoms with Gasteiger partial charge in [-0.2, -0.15) is 0 Å². The molecule has 1 amide bonds. The van der Waals surface area contributed by atoms with Crippen molar-refractivity contribution in [3.63, 3.8) is 0 Å². The van der Waals surface area contributed by atoms with Crippen LogP contribution < -0.4 is 4.90 Å². The lowest BCUT2D eigenvalue weighted by atomic mass is 9.92. The minimum Gasteiger partial charge on any atom is -0.361 e. The Bertz CT molecular complexity index is 1090. The first-order valence-electron chi connectivity index (χ1n) is 10.6. The fourth-order valence-electron chi connectivity index (χ4n) is 4.23. The number of likely N-dealkylation sites (tertiary alicyclic amines) is 1. The van der Waals surface area contributed by atoms with Gasteiger partial charge in [0.05, 0.1) is 17.4 Å². The molecule has 0 N–H and O–H groups in total. The van der Waals surface area contributed by atoms with E-state index in [1.165, 1.54) is 0 Å². The van der Waals surface area contributed by atoms with Crippen LogP contribution in [0.4, 0.5) is 5.95 Å². The molecule has 8 nitrogen and oxygen atoms in total. The Labute approximate surface area is 182 Å². The summed E-state index contributed by atoms with van der Waals surface area (Å²) in [7, 11) is 3.84. The molecule has 8 heteroatoms. The second-order valence-electron chi connectivity index (χ2n) is 8.26. The van der Waals surface area contributed by atoms with Crippen LogP contribution in [-0.4, -0.2) is 51.6 Å². The van der Waals surface area contributed by atoms with E-state index < -0.39 is 0 Å². The van der Waals surface area contributed by atoms with Crippen LogP contribution in [0.1, 0.15) is 58.4 Å². The maximum absolute atomic E-state index is 13.6. The Morgan fingerprint density at radius 1 is 1.16 bits per heavy atom. The number of pyridine rings is 1. The van der Waals surface area contributed by atoms with Gasteiger partial charge in [-0.05, 0) is 57.2 Å². The van der Waals surface area contributed by atoms with Crippen LogP contribution in [0.25, 0.3) is 11.1 Å². The molecule has 0 aromatic carbocycles. The zero-order chi connectivity index (χ0) is 22.1. The van der Waals surface area contributed by atoms with Gasteiger partial charge in [0.15, 0.2) is 0 Å². The Balaban J connectivity index is 1.84. The molecule has 1 atom stereocenters. The molecular weight excluding hydrogens is 392 g/mol. The van der Waals surface area contributed by atoms with E-state index in [0.29, 0.717) is 29.5 Å². The molecule has 0 radical (unpaired) electrons. The maximum Gasteiger partial charge on any atom is 0.259 e. The van der Waals surface area contributed by atoms with E-state index in [1.807, 2.05) is 56.2 Å². The summed E-state index contributed by atoms with van der Waals surface area (Å²) in [6.45, 7) is 6.29. The number of carbonyl (C=O) groups excluding carboxylic acids is 1. The Kier molecular flexibility index (Phi) is 5.71. The Morgan fingerprint density at radius 2 is 1.97 bits per heavy atom. The molecule has 0 unspecified atom stereocenters. The second kappa shape index (κ2) is 8.45. The van der Waals surface area contributed by atoms with E-state index >= 15 is 0 Å². The van der Waals surface area contributed by atoms with Gasteiger partial charge in [0.25, 0.3) is 5.91 Å². The van der Waals surface area contributed by atoms with E-state index in [2.05, 4.69) is 15.1 Å². The molecule has 4 heterocycles. The van der Waals surface area contributed by atoms with Gasteiger partial charge in [0.2, 0.25) is 5.95 Å². The summed E-state index contributed by atoms with van der Waals surface area (Å²) in [6, 6.07) is 1.83. The number of aromatic nitrogens is 4. The van der Waals surface area contributed by atoms with Crippen LogP contribution >= 0.6 is 0 Å². The SMILES string of the molecule is Cc1cnccc1-c1cnc(N(C)C)nc1[C@H]1CCCCN1C(=O)c1c(C)noc1C. The van der Waals surface area contributed by atoms with Gasteiger partial charge >= 0.3 is 0 Å². The van der Waals surface area contributed by atoms with Crippen LogP contribution in [0.2, 0.25) is 0 Å². The van der Waals surface area contributed by atoms with Gasteiger partial charge in [-0.15, -0.1) is 0 Å². The van der Waals surface area contributed by atoms with E-state index in [9.17, 15) is 4.79 Å². The maximum atomic E-state index is 13.6. The number of piperidine rings is 1. The number of nitrogens with zero attached hydrogens (tertiary/aromatic N) is 6. The minimum atomic E-state index is -0.154. The molecule has 0 saturated carbocycles. The molecule has 0 spiro atoms. The lowest BCUT2D eigenvalue weighted by Crippen LogP contribution is -2.39. The number of hydrogen-bond acceptors (Lipinski definition) is 7. The average molecular weight is 421 g/mol. The molecule has 1 aliphatic heterocycles. The van der Waals surface area contributed by atoms with Crippen LogP contribution in [0.5, 0.6) is 0 Å². The van der Waals surface area contributed by atoms with Crippen LogP contribution in [0.15, 0.2) is 29.2 Å². The smallest absolute Gasteiger partial charge is 0.259 e. The normalized spacial score (nSPS) is 16.4. The van der Waals surface area contributed by atoms with Crippen molar-refractivity contribution in [2.45, 2.75) is 46.1 Å². The molecule has 1 fully saturated rings. The molecule has 3 aromatic heterocycles. The largest absolute Gasteiger partial charge is 0.361 e. The predicted molar refractivity (Wildman–Crippen MR) is 118 cm³/mol. The van der Waals surface area contributed by atoms with E-state index in [0.717, 1.165) is 41.6 Å². The number of anilines is 1. The van der Waals surface area contributed by atoms with E-state index in [4.69, 9.17) is 9.51 Å². The van der Waals surface area contributed by atoms with Crippen molar-refractivity contribution in [3.05, 3.63) is 52.9 Å². The van der Waals surface area contributed by atoms with Gasteiger partial charge in [0.1, 0.15) is 11.3 Å². The number of hydrogen-bond donors (Lipinski definition) is 0. The molecule has 0 bridgehead atoms. The molecule has 1 saturated heterocycles. The minimum absolute atomic E-state index is 0.0524. The van der Waals surface area contributed by atoms with Crippen LogP contribution in [0, 0.1) is 20.8 Å². The topological polar surface area (TPSA) is 88.3 Å². The highest BCUT2D eigenvalue weighted by atomic mass is 16.5. The first-order valence-corrected chi connectivity index (χ1v) is 10.6. The lowest BCUT2D eigenvalue weighted by molar-refractivity contribution is 0.0604. The fraction of sp³-hybridized carbons (Fsp3) is 0.435. The highest BCUT2D eigenvalue weighted by Gasteiger charge is 2.34. The van der Waals surface area contributed by atoms with E-state index in [1.54, 1.807) is 13.1 Å². The number of rotatable bonds is 4. The third kappa shape index (κ3) is 3.89. The summed E-state index contributed by atoms with van der Waals surface area (Å²) < 4.78 is 5.27. The predicted octanol–water partition coefficient (Wildman–Crippen LogP) is 3.89. The highest BCUT2D eigenvalue weighted by molar-refractivity contribution is 5.96. The van der Waals surface area contributed by atoms with Crippen molar-refractivity contribution in [1.29, 1.82) is 0 Å². The number of amides is 1. The average Bonchev–Trinajstić information content (AvgIpc) is 3.11. The summed E-state index contributed by atoms with van der Waals surface area (Å²) in [5.41, 5.74) is 5.06. The Morgan fingerprint density at radius 3 is 2.65 bits per heavy atom. The van der Waals surface area contributed by atoms with Crippen molar-refractivity contribution < 1.29 is 9.32 Å². The summed E-state index contributed by atoms with van der Waals surface area (Å²) in [5.74, 6) is 1.12. The highest BCUT2D eigenvalue weighted by Crippen LogP contribution is 2.38. The van der Waals surface area contributed by atoms with Gasteiger partial charge in [-0.25, -0.2) is 9.97 Å². The monoisotopic (exact) mass is 420 g/mol. The third-order valence-electron chi connectivity index (χ3n) is 5.84. The van der Waals surface area contributed by atoms with Gasteiger partial charge in [-0.3, -0.25) is 9.78 Å². The summed E-state index contributed by atoms with van der Waals surface area (Å²) in [4.78, 5) is 31.1. The van der Waals surface area contributed by atoms with Crippen molar-refractivity contribution in [2.24, 2.45) is 0 Å². The quantitative estimate of drug-likeness (QED) is 0.633. The standard InChI is InChI=1S/C23H28N6O2/c1-14-12-24-10-9-17(14)18-13-25-23(28(4)5)26-21(18)19-8-6-7-11-29(19)22(30)20-15(2)27-31-16(20)3/h9-10,12-13,19H,6-8,11H2,1-5H3/t19-/m1/s1. The molecule has 3 aromatic rings. The zero-order valence-electron chi connectivity index (χ0n) is 18.7. The second-order valence-corrected chi connectivity index (χ2v) is 8.26. The zero-order valence-corrected chi connectivity index (χ0v) is 18.7.